The van der Waals surface area contributed by atoms with E-state index in [1.807, 2.05) is 9.80 Å². The minimum atomic E-state index is -4.47. The fourth-order valence-electron chi connectivity index (χ4n) is 5.91. The minimum absolute atomic E-state index is 0.0818. The predicted molar refractivity (Wildman–Crippen MR) is 140 cm³/mol. The zero-order valence-corrected chi connectivity index (χ0v) is 22.1. The molecule has 39 heavy (non-hydrogen) atoms. The zero-order chi connectivity index (χ0) is 27.7. The molecule has 2 aromatic rings. The number of methoxy groups -OCH3 is 2. The number of ether oxygens (including phenoxy) is 2. The summed E-state index contributed by atoms with van der Waals surface area (Å²) in [5.74, 6) is 0.119. The van der Waals surface area contributed by atoms with Crippen LogP contribution in [0.3, 0.4) is 0 Å². The lowest BCUT2D eigenvalue weighted by atomic mass is 9.82. The Labute approximate surface area is 225 Å². The summed E-state index contributed by atoms with van der Waals surface area (Å²) in [5.41, 5.74) is 0.980. The van der Waals surface area contributed by atoms with Crippen LogP contribution in [0.25, 0.3) is 0 Å². The molecule has 2 saturated heterocycles. The number of fused-ring (bicyclic) bond motifs is 3. The Morgan fingerprint density at radius 1 is 0.974 bits per heavy atom. The normalized spacial score (nSPS) is 21.3. The average Bonchev–Trinajstić information content (AvgIpc) is 3.47. The van der Waals surface area contributed by atoms with Crippen molar-refractivity contribution in [3.05, 3.63) is 47.5 Å². The highest BCUT2D eigenvalue weighted by molar-refractivity contribution is 5.94. The number of hydrogen-bond donors (Lipinski definition) is 1. The van der Waals surface area contributed by atoms with E-state index in [4.69, 9.17) is 9.47 Å². The van der Waals surface area contributed by atoms with Gasteiger partial charge in [0.25, 0.3) is 0 Å². The zero-order valence-electron chi connectivity index (χ0n) is 22.1. The largest absolute Gasteiger partial charge is 0.493 e. The van der Waals surface area contributed by atoms with Crippen molar-refractivity contribution < 1.29 is 32.2 Å². The molecule has 3 heterocycles. The Balaban J connectivity index is 1.41. The van der Waals surface area contributed by atoms with Gasteiger partial charge in [-0.1, -0.05) is 0 Å². The van der Waals surface area contributed by atoms with Crippen LogP contribution in [0.2, 0.25) is 0 Å². The summed E-state index contributed by atoms with van der Waals surface area (Å²) in [7, 11) is 3.01. The molecule has 2 unspecified atom stereocenters. The van der Waals surface area contributed by atoms with Crippen LogP contribution >= 0.6 is 0 Å². The third-order valence-electron chi connectivity index (χ3n) is 7.93. The average molecular weight is 547 g/mol. The molecule has 5 rings (SSSR count). The monoisotopic (exact) mass is 546 g/mol. The molecule has 3 aliphatic heterocycles. The predicted octanol–water partition coefficient (Wildman–Crippen LogP) is 3.65. The van der Waals surface area contributed by atoms with Crippen molar-refractivity contribution in [2.45, 2.75) is 31.5 Å². The smallest absolute Gasteiger partial charge is 0.416 e. The van der Waals surface area contributed by atoms with Crippen molar-refractivity contribution in [3.63, 3.8) is 0 Å². The minimum Gasteiger partial charge on any atom is -0.493 e. The third-order valence-corrected chi connectivity index (χ3v) is 7.93. The molecule has 0 saturated carbocycles. The van der Waals surface area contributed by atoms with Crippen molar-refractivity contribution in [1.29, 1.82) is 0 Å². The molecule has 0 bridgehead atoms. The number of carbonyl (C=O) groups excluding carboxylic acids is 2. The lowest BCUT2D eigenvalue weighted by Gasteiger charge is -2.49. The maximum absolute atomic E-state index is 13.7. The molecule has 11 heteroatoms. The van der Waals surface area contributed by atoms with Crippen LogP contribution in [0.1, 0.15) is 24.0 Å². The van der Waals surface area contributed by atoms with Crippen LogP contribution in [0, 0.1) is 5.92 Å². The number of rotatable bonds is 6. The van der Waals surface area contributed by atoms with E-state index in [-0.39, 0.29) is 30.8 Å². The molecule has 0 radical (unpaired) electrons. The summed E-state index contributed by atoms with van der Waals surface area (Å²) < 4.78 is 51.1. The highest BCUT2D eigenvalue weighted by Gasteiger charge is 2.43. The first-order valence-corrected chi connectivity index (χ1v) is 13.2. The molecule has 2 fully saturated rings. The molecule has 1 N–H and O–H groups in total. The van der Waals surface area contributed by atoms with Gasteiger partial charge in [-0.3, -0.25) is 14.5 Å². The molecule has 8 nitrogen and oxygen atoms in total. The van der Waals surface area contributed by atoms with Gasteiger partial charge in [0.05, 0.1) is 38.3 Å². The van der Waals surface area contributed by atoms with Gasteiger partial charge in [0.1, 0.15) is 0 Å². The van der Waals surface area contributed by atoms with E-state index in [0.29, 0.717) is 48.1 Å². The van der Waals surface area contributed by atoms with E-state index >= 15 is 0 Å². The van der Waals surface area contributed by atoms with Gasteiger partial charge in [-0.25, -0.2) is 0 Å². The second kappa shape index (κ2) is 11.0. The van der Waals surface area contributed by atoms with Crippen molar-refractivity contribution in [1.82, 2.24) is 9.80 Å². The number of nitrogens with zero attached hydrogens (tertiary/aromatic N) is 3. The number of anilines is 2. The van der Waals surface area contributed by atoms with Gasteiger partial charge in [-0.15, -0.1) is 0 Å². The molecular formula is C28H33F3N4O4. The van der Waals surface area contributed by atoms with E-state index in [2.05, 4.69) is 10.2 Å². The van der Waals surface area contributed by atoms with Crippen LogP contribution < -0.4 is 19.7 Å². The van der Waals surface area contributed by atoms with Gasteiger partial charge < -0.3 is 24.6 Å². The first kappa shape index (κ1) is 27.1. The molecule has 0 spiro atoms. The Bertz CT molecular complexity index is 1230. The number of halogens is 3. The summed E-state index contributed by atoms with van der Waals surface area (Å²) in [4.78, 5) is 32.5. The van der Waals surface area contributed by atoms with Gasteiger partial charge in [0.15, 0.2) is 11.5 Å². The maximum atomic E-state index is 13.7. The van der Waals surface area contributed by atoms with Gasteiger partial charge in [0, 0.05) is 50.2 Å². The number of hydrogen-bond acceptors (Lipinski definition) is 6. The van der Waals surface area contributed by atoms with Crippen molar-refractivity contribution >= 4 is 23.2 Å². The summed E-state index contributed by atoms with van der Waals surface area (Å²) in [5, 5.41) is 2.93. The highest BCUT2D eigenvalue weighted by Crippen LogP contribution is 2.40. The molecule has 0 aromatic heterocycles. The summed E-state index contributed by atoms with van der Waals surface area (Å²) in [6.45, 7) is 3.37. The molecule has 210 valence electrons. The van der Waals surface area contributed by atoms with Crippen molar-refractivity contribution in [3.8, 4) is 11.5 Å². The number of carbonyl (C=O) groups is 2. The first-order valence-electron chi connectivity index (χ1n) is 13.2. The Hall–Kier alpha value is -3.47. The summed E-state index contributed by atoms with van der Waals surface area (Å²) in [6, 6.07) is 8.49. The fourth-order valence-corrected chi connectivity index (χ4v) is 5.91. The number of piperazine rings is 1. The fraction of sp³-hybridized carbons (Fsp3) is 0.500. The second-order valence-electron chi connectivity index (χ2n) is 10.3. The molecule has 3 aliphatic rings. The molecular weight excluding hydrogens is 513 g/mol. The van der Waals surface area contributed by atoms with Crippen LogP contribution in [-0.4, -0.2) is 81.1 Å². The van der Waals surface area contributed by atoms with Gasteiger partial charge in [0.2, 0.25) is 11.8 Å². The van der Waals surface area contributed by atoms with Crippen LogP contribution in [-0.2, 0) is 22.2 Å². The van der Waals surface area contributed by atoms with E-state index < -0.39 is 17.7 Å². The van der Waals surface area contributed by atoms with E-state index in [0.717, 1.165) is 38.1 Å². The van der Waals surface area contributed by atoms with E-state index in [1.54, 1.807) is 18.2 Å². The Kier molecular flexibility index (Phi) is 7.61. The molecule has 2 atom stereocenters. The number of likely N-dealkylation sites (tertiary alicyclic amines) is 1. The van der Waals surface area contributed by atoms with Gasteiger partial charge >= 0.3 is 6.18 Å². The van der Waals surface area contributed by atoms with Gasteiger partial charge in [-0.2, -0.15) is 13.2 Å². The summed E-state index contributed by atoms with van der Waals surface area (Å²) >= 11 is 0. The van der Waals surface area contributed by atoms with E-state index in [9.17, 15) is 22.8 Å². The van der Waals surface area contributed by atoms with Crippen LogP contribution in [0.5, 0.6) is 11.5 Å². The number of amides is 2. The van der Waals surface area contributed by atoms with Crippen molar-refractivity contribution in [2.24, 2.45) is 5.92 Å². The first-order chi connectivity index (χ1) is 18.7. The molecule has 2 aromatic carbocycles. The number of nitrogens with one attached hydrogen (secondary N) is 1. The van der Waals surface area contributed by atoms with Crippen molar-refractivity contribution in [2.75, 3.05) is 63.7 Å². The van der Waals surface area contributed by atoms with Crippen LogP contribution in [0.15, 0.2) is 36.4 Å². The van der Waals surface area contributed by atoms with Crippen LogP contribution in [0.4, 0.5) is 24.5 Å². The lowest BCUT2D eigenvalue weighted by Crippen LogP contribution is -2.61. The standard InChI is InChI=1S/C28H33F3N4O4/c1-38-24-8-6-20(15-25(24)39-2)32-27(37)21-14-18-13-19(28(29,30)31)5-7-22(18)35-12-11-33(16-23(21)35)17-26(36)34-9-3-4-10-34/h5-8,13,15,21,23H,3-4,9-12,14,16-17H2,1-2H3,(H,32,37). The number of benzene rings is 2. The molecule has 0 aliphatic carbocycles. The second-order valence-corrected chi connectivity index (χ2v) is 10.3. The molecule has 2 amide bonds. The summed E-state index contributed by atoms with van der Waals surface area (Å²) in [6.07, 6.45) is -2.29. The maximum Gasteiger partial charge on any atom is 0.416 e. The number of alkyl halides is 3. The van der Waals surface area contributed by atoms with E-state index in [1.165, 1.54) is 20.3 Å². The topological polar surface area (TPSA) is 74.4 Å². The lowest BCUT2D eigenvalue weighted by molar-refractivity contribution is -0.137. The third kappa shape index (κ3) is 5.63. The Morgan fingerprint density at radius 3 is 2.41 bits per heavy atom. The van der Waals surface area contributed by atoms with Gasteiger partial charge in [-0.05, 0) is 55.2 Å². The highest BCUT2D eigenvalue weighted by atomic mass is 19.4. The SMILES string of the molecule is COc1ccc(NC(=O)C2Cc3cc(C(F)(F)F)ccc3N3CCN(CC(=O)N4CCCC4)CC23)cc1OC. The Morgan fingerprint density at radius 2 is 1.72 bits per heavy atom. The quantitative estimate of drug-likeness (QED) is 0.597.